The molecule has 1 aliphatic rings. The fourth-order valence-corrected chi connectivity index (χ4v) is 3.19. The minimum Gasteiger partial charge on any atom is -0.482 e. The van der Waals surface area contributed by atoms with Gasteiger partial charge < -0.3 is 19.9 Å². The third-order valence-corrected chi connectivity index (χ3v) is 4.59. The van der Waals surface area contributed by atoms with E-state index in [1.807, 2.05) is 24.3 Å². The third-order valence-electron chi connectivity index (χ3n) is 4.35. The van der Waals surface area contributed by atoms with Crippen molar-refractivity contribution < 1.29 is 14.3 Å². The first-order valence-electron chi connectivity index (χ1n) is 8.80. The van der Waals surface area contributed by atoms with Gasteiger partial charge in [0.25, 0.3) is 5.91 Å². The van der Waals surface area contributed by atoms with Crippen LogP contribution in [0.4, 0.5) is 11.4 Å². The first-order chi connectivity index (χ1) is 13.0. The second kappa shape index (κ2) is 8.77. The van der Waals surface area contributed by atoms with Crippen molar-refractivity contribution in [3.8, 4) is 5.75 Å². The van der Waals surface area contributed by atoms with E-state index < -0.39 is 0 Å². The van der Waals surface area contributed by atoms with Crippen LogP contribution in [0.3, 0.4) is 0 Å². The maximum atomic E-state index is 12.5. The Bertz CT molecular complexity index is 820. The highest BCUT2D eigenvalue weighted by molar-refractivity contribution is 6.30. The minimum atomic E-state index is -0.186. The maximum absolute atomic E-state index is 12.5. The molecule has 0 atom stereocenters. The Kier molecular flexibility index (Phi) is 6.19. The number of anilines is 2. The molecule has 0 unspecified atom stereocenters. The molecule has 2 aromatic rings. The molecule has 0 bridgehead atoms. The van der Waals surface area contributed by atoms with Gasteiger partial charge in [0.1, 0.15) is 5.75 Å². The van der Waals surface area contributed by atoms with Crippen molar-refractivity contribution in [3.63, 3.8) is 0 Å². The van der Waals surface area contributed by atoms with Crippen LogP contribution in [-0.2, 0) is 9.59 Å². The highest BCUT2D eigenvalue weighted by Crippen LogP contribution is 2.24. The monoisotopic (exact) mass is 387 g/mol. The average Bonchev–Trinajstić information content (AvgIpc) is 2.67. The van der Waals surface area contributed by atoms with Crippen molar-refractivity contribution in [3.05, 3.63) is 53.6 Å². The van der Waals surface area contributed by atoms with Gasteiger partial charge in [0.2, 0.25) is 5.91 Å². The highest BCUT2D eigenvalue weighted by atomic mass is 35.5. The largest absolute Gasteiger partial charge is 0.482 e. The summed E-state index contributed by atoms with van der Waals surface area (Å²) in [6, 6.07) is 14.8. The smallest absolute Gasteiger partial charge is 0.260 e. The molecule has 0 aromatic heterocycles. The van der Waals surface area contributed by atoms with Crippen LogP contribution in [0.15, 0.2) is 48.5 Å². The van der Waals surface area contributed by atoms with Crippen molar-refractivity contribution in [1.29, 1.82) is 0 Å². The van der Waals surface area contributed by atoms with Crippen LogP contribution < -0.4 is 15.0 Å². The number of ether oxygens (including phenoxy) is 1. The number of benzene rings is 2. The molecule has 3 rings (SSSR count). The van der Waals surface area contributed by atoms with E-state index in [0.29, 0.717) is 29.5 Å². The fraction of sp³-hybridized carbons (Fsp3) is 0.300. The van der Waals surface area contributed by atoms with Gasteiger partial charge in [-0.15, -0.1) is 0 Å². The summed E-state index contributed by atoms with van der Waals surface area (Å²) in [6.45, 7) is 4.11. The molecule has 1 fully saturated rings. The number of para-hydroxylation sites is 2. The Morgan fingerprint density at radius 1 is 1.07 bits per heavy atom. The van der Waals surface area contributed by atoms with E-state index in [2.05, 4.69) is 10.2 Å². The number of rotatable bonds is 5. The number of carbonyl (C=O) groups excluding carboxylic acids is 2. The van der Waals surface area contributed by atoms with E-state index in [4.69, 9.17) is 16.3 Å². The molecule has 0 saturated carbocycles. The van der Waals surface area contributed by atoms with Gasteiger partial charge in [0, 0.05) is 43.8 Å². The lowest BCUT2D eigenvalue weighted by molar-refractivity contribution is -0.133. The van der Waals surface area contributed by atoms with Crippen LogP contribution in [0.25, 0.3) is 0 Å². The van der Waals surface area contributed by atoms with Crippen molar-refractivity contribution in [2.45, 2.75) is 6.92 Å². The van der Waals surface area contributed by atoms with E-state index >= 15 is 0 Å². The van der Waals surface area contributed by atoms with Gasteiger partial charge in [-0.3, -0.25) is 9.59 Å². The van der Waals surface area contributed by atoms with Crippen molar-refractivity contribution in [1.82, 2.24) is 4.90 Å². The summed E-state index contributed by atoms with van der Waals surface area (Å²) in [5.74, 6) is 0.228. The number of halogens is 1. The van der Waals surface area contributed by atoms with Crippen molar-refractivity contribution in [2.75, 3.05) is 43.0 Å². The van der Waals surface area contributed by atoms with Crippen LogP contribution in [-0.4, -0.2) is 49.5 Å². The predicted molar refractivity (Wildman–Crippen MR) is 106 cm³/mol. The zero-order chi connectivity index (χ0) is 19.2. The summed E-state index contributed by atoms with van der Waals surface area (Å²) >= 11 is 6.05. The second-order valence-electron chi connectivity index (χ2n) is 6.31. The summed E-state index contributed by atoms with van der Waals surface area (Å²) in [4.78, 5) is 27.7. The second-order valence-corrected chi connectivity index (χ2v) is 6.75. The number of hydrogen-bond acceptors (Lipinski definition) is 4. The lowest BCUT2D eigenvalue weighted by atomic mass is 10.2. The Labute approximate surface area is 163 Å². The summed E-state index contributed by atoms with van der Waals surface area (Å²) < 4.78 is 5.64. The molecule has 27 heavy (non-hydrogen) atoms. The lowest BCUT2D eigenvalue weighted by Crippen LogP contribution is -2.50. The van der Waals surface area contributed by atoms with Crippen LogP contribution in [0.5, 0.6) is 5.75 Å². The number of nitrogens with one attached hydrogen (secondary N) is 1. The molecule has 142 valence electrons. The third kappa shape index (κ3) is 5.14. The predicted octanol–water partition coefficient (Wildman–Crippen LogP) is 3.03. The molecule has 0 aliphatic carbocycles. The van der Waals surface area contributed by atoms with Gasteiger partial charge in [-0.25, -0.2) is 0 Å². The van der Waals surface area contributed by atoms with Gasteiger partial charge in [-0.2, -0.15) is 0 Å². The molecule has 0 radical (unpaired) electrons. The van der Waals surface area contributed by atoms with Crippen LogP contribution in [0.2, 0.25) is 5.02 Å². The maximum Gasteiger partial charge on any atom is 0.260 e. The Morgan fingerprint density at radius 3 is 2.52 bits per heavy atom. The Hall–Kier alpha value is -2.73. The highest BCUT2D eigenvalue weighted by Gasteiger charge is 2.22. The Morgan fingerprint density at radius 2 is 1.81 bits per heavy atom. The van der Waals surface area contributed by atoms with Crippen LogP contribution in [0, 0.1) is 0 Å². The average molecular weight is 388 g/mol. The van der Waals surface area contributed by atoms with Crippen molar-refractivity contribution >= 4 is 34.8 Å². The molecular weight excluding hydrogens is 366 g/mol. The number of hydrogen-bond donors (Lipinski definition) is 1. The molecule has 1 N–H and O–H groups in total. The summed E-state index contributed by atoms with van der Waals surface area (Å²) in [7, 11) is 0. The first-order valence-corrected chi connectivity index (χ1v) is 9.18. The number of carbonyl (C=O) groups is 2. The molecular formula is C20H22ClN3O3. The molecule has 0 spiro atoms. The standard InChI is InChI=1S/C20H22ClN3O3/c1-15(25)22-18-7-2-3-8-19(18)27-14-20(26)24-11-9-23(10-12-24)17-6-4-5-16(21)13-17/h2-8,13H,9-12,14H2,1H3,(H,22,25). The topological polar surface area (TPSA) is 61.9 Å². The van der Waals surface area contributed by atoms with Gasteiger partial charge >= 0.3 is 0 Å². The normalized spacial score (nSPS) is 14.0. The van der Waals surface area contributed by atoms with E-state index in [-0.39, 0.29) is 18.4 Å². The fourth-order valence-electron chi connectivity index (χ4n) is 3.00. The molecule has 7 heteroatoms. The Balaban J connectivity index is 1.52. The van der Waals surface area contributed by atoms with Crippen LogP contribution in [0.1, 0.15) is 6.92 Å². The quantitative estimate of drug-likeness (QED) is 0.856. The zero-order valence-corrected chi connectivity index (χ0v) is 15.9. The van der Waals surface area contributed by atoms with Gasteiger partial charge in [0.15, 0.2) is 6.61 Å². The van der Waals surface area contributed by atoms with Crippen molar-refractivity contribution in [2.24, 2.45) is 0 Å². The first kappa shape index (κ1) is 19.0. The lowest BCUT2D eigenvalue weighted by Gasteiger charge is -2.36. The molecule has 1 saturated heterocycles. The number of nitrogens with zero attached hydrogens (tertiary/aromatic N) is 2. The molecule has 6 nitrogen and oxygen atoms in total. The molecule has 2 amide bonds. The van der Waals surface area contributed by atoms with E-state index in [1.54, 1.807) is 29.2 Å². The summed E-state index contributed by atoms with van der Waals surface area (Å²) in [5, 5.41) is 3.40. The molecule has 1 heterocycles. The zero-order valence-electron chi connectivity index (χ0n) is 15.2. The summed E-state index contributed by atoms with van der Waals surface area (Å²) in [6.07, 6.45) is 0. The van der Waals surface area contributed by atoms with Gasteiger partial charge in [-0.1, -0.05) is 29.8 Å². The van der Waals surface area contributed by atoms with Crippen LogP contribution >= 0.6 is 11.6 Å². The summed E-state index contributed by atoms with van der Waals surface area (Å²) in [5.41, 5.74) is 1.62. The van der Waals surface area contributed by atoms with Gasteiger partial charge in [-0.05, 0) is 30.3 Å². The van der Waals surface area contributed by atoms with E-state index in [0.717, 1.165) is 18.8 Å². The SMILES string of the molecule is CC(=O)Nc1ccccc1OCC(=O)N1CCN(c2cccc(Cl)c2)CC1. The van der Waals surface area contributed by atoms with Gasteiger partial charge in [0.05, 0.1) is 5.69 Å². The van der Waals surface area contributed by atoms with E-state index in [9.17, 15) is 9.59 Å². The number of piperazine rings is 1. The molecule has 1 aliphatic heterocycles. The number of amides is 2. The van der Waals surface area contributed by atoms with E-state index in [1.165, 1.54) is 6.92 Å². The minimum absolute atomic E-state index is 0.0617. The molecule has 2 aromatic carbocycles.